The van der Waals surface area contributed by atoms with Gasteiger partial charge in [-0.2, -0.15) is 0 Å². The fourth-order valence-electron chi connectivity index (χ4n) is 2.73. The van der Waals surface area contributed by atoms with Gasteiger partial charge in [-0.1, -0.05) is 12.1 Å². The van der Waals surface area contributed by atoms with Crippen molar-refractivity contribution in [2.24, 2.45) is 0 Å². The Morgan fingerprint density at radius 2 is 1.89 bits per heavy atom. The number of anilines is 1. The number of amides is 1. The lowest BCUT2D eigenvalue weighted by atomic mass is 10.1. The first kappa shape index (κ1) is 18.5. The third-order valence-electron chi connectivity index (χ3n) is 3.93. The summed E-state index contributed by atoms with van der Waals surface area (Å²) in [6.07, 6.45) is 0. The van der Waals surface area contributed by atoms with E-state index in [0.29, 0.717) is 29.5 Å². The number of aryl methyl sites for hydroxylation is 1. The maximum Gasteiger partial charge on any atom is 0.262 e. The van der Waals surface area contributed by atoms with Gasteiger partial charge in [-0.05, 0) is 44.2 Å². The van der Waals surface area contributed by atoms with Gasteiger partial charge < -0.3 is 19.5 Å². The molecule has 140 valence electrons. The molecule has 27 heavy (non-hydrogen) atoms. The summed E-state index contributed by atoms with van der Waals surface area (Å²) in [5, 5.41) is 3.62. The molecule has 0 atom stereocenters. The molecule has 0 unspecified atom stereocenters. The molecule has 0 saturated carbocycles. The molecule has 3 aromatic rings. The van der Waals surface area contributed by atoms with Crippen molar-refractivity contribution in [3.05, 3.63) is 54.2 Å². The topological polar surface area (TPSA) is 69.7 Å². The van der Waals surface area contributed by atoms with E-state index in [0.717, 1.165) is 16.6 Å². The minimum Gasteiger partial charge on any atom is -0.497 e. The Bertz CT molecular complexity index is 956. The van der Waals surface area contributed by atoms with Crippen molar-refractivity contribution < 1.29 is 19.0 Å². The number of nitrogens with zero attached hydrogens (tertiary/aromatic N) is 1. The van der Waals surface area contributed by atoms with E-state index in [1.165, 1.54) is 0 Å². The van der Waals surface area contributed by atoms with Gasteiger partial charge in [0.2, 0.25) is 0 Å². The zero-order chi connectivity index (χ0) is 19.2. The largest absolute Gasteiger partial charge is 0.497 e. The molecule has 1 N–H and O–H groups in total. The minimum absolute atomic E-state index is 0.129. The lowest BCUT2D eigenvalue weighted by molar-refractivity contribution is -0.118. The van der Waals surface area contributed by atoms with Gasteiger partial charge in [0.25, 0.3) is 5.91 Å². The smallest absolute Gasteiger partial charge is 0.262 e. The number of rotatable bonds is 7. The van der Waals surface area contributed by atoms with Crippen LogP contribution < -0.4 is 19.5 Å². The summed E-state index contributed by atoms with van der Waals surface area (Å²) in [6, 6.07) is 14.7. The van der Waals surface area contributed by atoms with Crippen LogP contribution in [0.5, 0.6) is 17.2 Å². The van der Waals surface area contributed by atoms with E-state index < -0.39 is 0 Å². The number of ether oxygens (including phenoxy) is 3. The van der Waals surface area contributed by atoms with Crippen molar-refractivity contribution in [2.75, 3.05) is 25.6 Å². The fraction of sp³-hybridized carbons (Fsp3) is 0.238. The highest BCUT2D eigenvalue weighted by atomic mass is 16.5. The van der Waals surface area contributed by atoms with Crippen molar-refractivity contribution in [1.29, 1.82) is 0 Å². The van der Waals surface area contributed by atoms with Crippen molar-refractivity contribution in [2.45, 2.75) is 13.8 Å². The Labute approximate surface area is 158 Å². The second kappa shape index (κ2) is 8.40. The highest BCUT2D eigenvalue weighted by molar-refractivity contribution is 5.94. The number of carbonyl (C=O) groups excluding carboxylic acids is 1. The predicted molar refractivity (Wildman–Crippen MR) is 105 cm³/mol. The van der Waals surface area contributed by atoms with Gasteiger partial charge >= 0.3 is 0 Å². The summed E-state index contributed by atoms with van der Waals surface area (Å²) in [4.78, 5) is 16.8. The average Bonchev–Trinajstić information content (AvgIpc) is 2.67. The molecule has 2 aromatic carbocycles. The third-order valence-corrected chi connectivity index (χ3v) is 3.93. The Balaban J connectivity index is 1.75. The van der Waals surface area contributed by atoms with Crippen LogP contribution in [0.15, 0.2) is 48.5 Å². The summed E-state index contributed by atoms with van der Waals surface area (Å²) in [5.41, 5.74) is 2.21. The number of hydrogen-bond donors (Lipinski definition) is 1. The number of pyridine rings is 1. The average molecular weight is 366 g/mol. The SMILES string of the molecule is CCOc1ccccc1NC(=O)COc1cc(C)nc2ccc(OC)cc12. The van der Waals surface area contributed by atoms with Crippen molar-refractivity contribution in [3.63, 3.8) is 0 Å². The molecule has 0 spiro atoms. The van der Waals surface area contributed by atoms with Crippen LogP contribution in [0.1, 0.15) is 12.6 Å². The lowest BCUT2D eigenvalue weighted by Crippen LogP contribution is -2.20. The number of hydrogen-bond acceptors (Lipinski definition) is 5. The van der Waals surface area contributed by atoms with Gasteiger partial charge in [0.15, 0.2) is 6.61 Å². The monoisotopic (exact) mass is 366 g/mol. The van der Waals surface area contributed by atoms with Crippen LogP contribution in [-0.2, 0) is 4.79 Å². The first-order chi connectivity index (χ1) is 13.1. The van der Waals surface area contributed by atoms with Gasteiger partial charge in [0.05, 0.1) is 24.9 Å². The molecule has 0 aliphatic carbocycles. The number of para-hydroxylation sites is 2. The lowest BCUT2D eigenvalue weighted by Gasteiger charge is -2.13. The van der Waals surface area contributed by atoms with Crippen LogP contribution in [0.3, 0.4) is 0 Å². The van der Waals surface area contributed by atoms with E-state index >= 15 is 0 Å². The van der Waals surface area contributed by atoms with Gasteiger partial charge in [-0.25, -0.2) is 0 Å². The summed E-state index contributed by atoms with van der Waals surface area (Å²) < 4.78 is 16.6. The Hall–Kier alpha value is -3.28. The molecule has 0 aliphatic rings. The molecule has 6 nitrogen and oxygen atoms in total. The molecule has 6 heteroatoms. The van der Waals surface area contributed by atoms with Crippen molar-refractivity contribution in [1.82, 2.24) is 4.98 Å². The highest BCUT2D eigenvalue weighted by Crippen LogP contribution is 2.29. The molecule has 0 saturated heterocycles. The van der Waals surface area contributed by atoms with Gasteiger partial charge in [-0.15, -0.1) is 0 Å². The second-order valence-corrected chi connectivity index (χ2v) is 5.91. The first-order valence-electron chi connectivity index (χ1n) is 8.70. The van der Waals surface area contributed by atoms with Crippen molar-refractivity contribution in [3.8, 4) is 17.2 Å². The van der Waals surface area contributed by atoms with Crippen LogP contribution >= 0.6 is 0 Å². The van der Waals surface area contributed by atoms with E-state index in [4.69, 9.17) is 14.2 Å². The quantitative estimate of drug-likeness (QED) is 0.685. The van der Waals surface area contributed by atoms with Crippen LogP contribution in [0.25, 0.3) is 10.9 Å². The van der Waals surface area contributed by atoms with E-state index in [9.17, 15) is 4.79 Å². The summed E-state index contributed by atoms with van der Waals surface area (Å²) in [6.45, 7) is 4.17. The second-order valence-electron chi connectivity index (χ2n) is 5.91. The number of methoxy groups -OCH3 is 1. The number of carbonyl (C=O) groups is 1. The molecule has 3 rings (SSSR count). The summed E-state index contributed by atoms with van der Waals surface area (Å²) in [7, 11) is 1.60. The van der Waals surface area contributed by atoms with E-state index in [-0.39, 0.29) is 12.5 Å². The minimum atomic E-state index is -0.271. The predicted octanol–water partition coefficient (Wildman–Crippen LogP) is 3.97. The molecular formula is C21H22N2O4. The van der Waals surface area contributed by atoms with Crippen LogP contribution in [0, 0.1) is 6.92 Å². The maximum atomic E-state index is 12.4. The molecule has 1 amide bonds. The number of aromatic nitrogens is 1. The molecular weight excluding hydrogens is 344 g/mol. The summed E-state index contributed by atoms with van der Waals surface area (Å²) >= 11 is 0. The van der Waals surface area contributed by atoms with E-state index in [1.54, 1.807) is 13.2 Å². The zero-order valence-corrected chi connectivity index (χ0v) is 15.6. The highest BCUT2D eigenvalue weighted by Gasteiger charge is 2.11. The zero-order valence-electron chi connectivity index (χ0n) is 15.6. The Morgan fingerprint density at radius 3 is 2.67 bits per heavy atom. The van der Waals surface area contributed by atoms with Crippen LogP contribution in [0.4, 0.5) is 5.69 Å². The first-order valence-corrected chi connectivity index (χ1v) is 8.70. The molecule has 0 fully saturated rings. The van der Waals surface area contributed by atoms with E-state index in [1.807, 2.05) is 56.3 Å². The molecule has 0 bridgehead atoms. The van der Waals surface area contributed by atoms with E-state index in [2.05, 4.69) is 10.3 Å². The maximum absolute atomic E-state index is 12.4. The number of nitrogens with one attached hydrogen (secondary N) is 1. The molecule has 1 aromatic heterocycles. The molecule has 0 aliphatic heterocycles. The molecule has 1 heterocycles. The van der Waals surface area contributed by atoms with Crippen LogP contribution in [0.2, 0.25) is 0 Å². The standard InChI is InChI=1S/C21H22N2O4/c1-4-26-19-8-6-5-7-18(19)23-21(24)13-27-20-11-14(2)22-17-10-9-15(25-3)12-16(17)20/h5-12H,4,13H2,1-3H3,(H,23,24). The molecule has 0 radical (unpaired) electrons. The third kappa shape index (κ3) is 4.47. The normalized spacial score (nSPS) is 10.5. The Morgan fingerprint density at radius 1 is 1.07 bits per heavy atom. The van der Waals surface area contributed by atoms with Gasteiger partial charge in [-0.3, -0.25) is 9.78 Å². The number of benzene rings is 2. The van der Waals surface area contributed by atoms with Crippen LogP contribution in [-0.4, -0.2) is 31.2 Å². The Kier molecular flexibility index (Phi) is 5.76. The van der Waals surface area contributed by atoms with Crippen molar-refractivity contribution >= 4 is 22.5 Å². The fourth-order valence-corrected chi connectivity index (χ4v) is 2.73. The number of fused-ring (bicyclic) bond motifs is 1. The summed E-state index contributed by atoms with van der Waals surface area (Å²) in [5.74, 6) is 1.65. The van der Waals surface area contributed by atoms with Gasteiger partial charge in [0, 0.05) is 17.1 Å². The van der Waals surface area contributed by atoms with Gasteiger partial charge in [0.1, 0.15) is 17.2 Å².